The van der Waals surface area contributed by atoms with Crippen molar-refractivity contribution in [3.05, 3.63) is 99.8 Å². The lowest BCUT2D eigenvalue weighted by molar-refractivity contribution is 0.0627. The standard InChI is InChI=1S/C28H30ClFN2O2/c1-20(2)22-9-11-24(12-10-22)34-19-21-5-3-6-23(17-21)28(33)32-15-13-31(14-16-32)18-25-26(29)7-4-8-27(25)30/h3-12,17,20H,13-16,18-19H2,1-2H3. The monoisotopic (exact) mass is 480 g/mol. The van der Waals surface area contributed by atoms with Gasteiger partial charge >= 0.3 is 0 Å². The van der Waals surface area contributed by atoms with E-state index in [0.717, 1.165) is 11.3 Å². The quantitative estimate of drug-likeness (QED) is 0.407. The summed E-state index contributed by atoms with van der Waals surface area (Å²) in [4.78, 5) is 17.1. The second-order valence-corrected chi connectivity index (χ2v) is 9.39. The Labute approximate surface area is 205 Å². The topological polar surface area (TPSA) is 32.8 Å². The van der Waals surface area contributed by atoms with Crippen molar-refractivity contribution in [2.24, 2.45) is 0 Å². The Morgan fingerprint density at radius 1 is 1.00 bits per heavy atom. The third-order valence-electron chi connectivity index (χ3n) is 6.23. The highest BCUT2D eigenvalue weighted by Gasteiger charge is 2.23. The maximum Gasteiger partial charge on any atom is 0.253 e. The number of hydrogen-bond donors (Lipinski definition) is 0. The summed E-state index contributed by atoms with van der Waals surface area (Å²) in [5.41, 5.74) is 3.39. The van der Waals surface area contributed by atoms with Crippen LogP contribution in [0.3, 0.4) is 0 Å². The summed E-state index contributed by atoms with van der Waals surface area (Å²) in [7, 11) is 0. The number of nitrogens with zero attached hydrogens (tertiary/aromatic N) is 2. The first-order valence-corrected chi connectivity index (χ1v) is 12.0. The Hall–Kier alpha value is -2.89. The van der Waals surface area contributed by atoms with E-state index in [1.54, 1.807) is 12.1 Å². The van der Waals surface area contributed by atoms with Crippen LogP contribution in [-0.4, -0.2) is 41.9 Å². The molecule has 3 aromatic carbocycles. The molecule has 178 valence electrons. The molecule has 0 spiro atoms. The molecule has 1 fully saturated rings. The van der Waals surface area contributed by atoms with E-state index in [0.29, 0.717) is 61.4 Å². The SMILES string of the molecule is CC(C)c1ccc(OCc2cccc(C(=O)N3CCN(Cc4c(F)cccc4Cl)CC3)c2)cc1. The zero-order valence-electron chi connectivity index (χ0n) is 19.6. The van der Waals surface area contributed by atoms with Crippen molar-refractivity contribution < 1.29 is 13.9 Å². The van der Waals surface area contributed by atoms with Crippen LogP contribution in [0, 0.1) is 5.82 Å². The van der Waals surface area contributed by atoms with Gasteiger partial charge in [-0.1, -0.05) is 55.8 Å². The molecule has 0 N–H and O–H groups in total. The smallest absolute Gasteiger partial charge is 0.253 e. The van der Waals surface area contributed by atoms with Crippen LogP contribution in [0.25, 0.3) is 0 Å². The lowest BCUT2D eigenvalue weighted by Gasteiger charge is -2.35. The zero-order chi connectivity index (χ0) is 24.1. The van der Waals surface area contributed by atoms with Crippen molar-refractivity contribution in [3.8, 4) is 5.75 Å². The van der Waals surface area contributed by atoms with Gasteiger partial charge in [0, 0.05) is 48.9 Å². The van der Waals surface area contributed by atoms with Crippen molar-refractivity contribution >= 4 is 17.5 Å². The molecule has 34 heavy (non-hydrogen) atoms. The molecule has 4 rings (SSSR count). The number of carbonyl (C=O) groups is 1. The van der Waals surface area contributed by atoms with E-state index < -0.39 is 0 Å². The summed E-state index contributed by atoms with van der Waals surface area (Å²) < 4.78 is 20.0. The molecule has 0 aliphatic carbocycles. The largest absolute Gasteiger partial charge is 0.489 e. The minimum absolute atomic E-state index is 0.00621. The van der Waals surface area contributed by atoms with Gasteiger partial charge in [-0.2, -0.15) is 0 Å². The number of carbonyl (C=O) groups excluding carboxylic acids is 1. The summed E-state index contributed by atoms with van der Waals surface area (Å²) in [6, 6.07) is 20.5. The molecule has 1 aliphatic rings. The first kappa shape index (κ1) is 24.2. The Bertz CT molecular complexity index is 1110. The highest BCUT2D eigenvalue weighted by atomic mass is 35.5. The molecule has 4 nitrogen and oxygen atoms in total. The summed E-state index contributed by atoms with van der Waals surface area (Å²) in [6.07, 6.45) is 0. The highest BCUT2D eigenvalue weighted by Crippen LogP contribution is 2.22. The van der Waals surface area contributed by atoms with Gasteiger partial charge in [0.25, 0.3) is 5.91 Å². The fourth-order valence-corrected chi connectivity index (χ4v) is 4.33. The normalized spacial score (nSPS) is 14.4. The molecule has 0 radical (unpaired) electrons. The van der Waals surface area contributed by atoms with Gasteiger partial charge in [0.1, 0.15) is 18.2 Å². The summed E-state index contributed by atoms with van der Waals surface area (Å²) in [5, 5.41) is 0.438. The Morgan fingerprint density at radius 2 is 1.71 bits per heavy atom. The van der Waals surface area contributed by atoms with Crippen molar-refractivity contribution in [1.82, 2.24) is 9.80 Å². The van der Waals surface area contributed by atoms with E-state index in [2.05, 4.69) is 30.9 Å². The number of piperazine rings is 1. The third-order valence-corrected chi connectivity index (χ3v) is 6.58. The van der Waals surface area contributed by atoms with E-state index in [9.17, 15) is 9.18 Å². The zero-order valence-corrected chi connectivity index (χ0v) is 20.4. The van der Waals surface area contributed by atoms with E-state index >= 15 is 0 Å². The average Bonchev–Trinajstić information content (AvgIpc) is 2.85. The van der Waals surface area contributed by atoms with Gasteiger partial charge in [-0.25, -0.2) is 4.39 Å². The van der Waals surface area contributed by atoms with E-state index in [4.69, 9.17) is 16.3 Å². The number of halogens is 2. The molecule has 0 aromatic heterocycles. The van der Waals surface area contributed by atoms with Crippen LogP contribution in [0.1, 0.15) is 46.8 Å². The molecule has 1 heterocycles. The number of rotatable bonds is 7. The molecule has 0 bridgehead atoms. The molecular weight excluding hydrogens is 451 g/mol. The molecule has 0 unspecified atom stereocenters. The second-order valence-electron chi connectivity index (χ2n) is 8.98. The molecule has 0 atom stereocenters. The van der Waals surface area contributed by atoms with E-state index in [1.807, 2.05) is 41.3 Å². The number of hydrogen-bond acceptors (Lipinski definition) is 3. The van der Waals surface area contributed by atoms with Crippen molar-refractivity contribution in [2.75, 3.05) is 26.2 Å². The highest BCUT2D eigenvalue weighted by molar-refractivity contribution is 6.31. The second kappa shape index (κ2) is 11.0. The minimum atomic E-state index is -0.291. The van der Waals surface area contributed by atoms with Gasteiger partial charge in [-0.15, -0.1) is 0 Å². The van der Waals surface area contributed by atoms with Crippen molar-refractivity contribution in [1.29, 1.82) is 0 Å². The average molecular weight is 481 g/mol. The van der Waals surface area contributed by atoms with Gasteiger partial charge in [0.15, 0.2) is 0 Å². The van der Waals surface area contributed by atoms with Crippen LogP contribution in [0.5, 0.6) is 5.75 Å². The van der Waals surface area contributed by atoms with Crippen LogP contribution >= 0.6 is 11.6 Å². The minimum Gasteiger partial charge on any atom is -0.489 e. The maximum atomic E-state index is 14.1. The Morgan fingerprint density at radius 3 is 2.38 bits per heavy atom. The lowest BCUT2D eigenvalue weighted by Crippen LogP contribution is -2.48. The first-order valence-electron chi connectivity index (χ1n) is 11.7. The number of benzene rings is 3. The lowest BCUT2D eigenvalue weighted by atomic mass is 10.0. The van der Waals surface area contributed by atoms with Crippen LogP contribution in [0.2, 0.25) is 5.02 Å². The van der Waals surface area contributed by atoms with Crippen LogP contribution in [0.4, 0.5) is 4.39 Å². The van der Waals surface area contributed by atoms with E-state index in [1.165, 1.54) is 11.6 Å². The van der Waals surface area contributed by atoms with Crippen molar-refractivity contribution in [3.63, 3.8) is 0 Å². The number of ether oxygens (including phenoxy) is 1. The third kappa shape index (κ3) is 5.96. The van der Waals surface area contributed by atoms with Crippen molar-refractivity contribution in [2.45, 2.75) is 32.9 Å². The fourth-order valence-electron chi connectivity index (χ4n) is 4.11. The Balaban J connectivity index is 1.32. The molecule has 1 aliphatic heterocycles. The molecule has 3 aromatic rings. The van der Waals surface area contributed by atoms with Gasteiger partial charge in [0.05, 0.1) is 0 Å². The maximum absolute atomic E-state index is 14.1. The van der Waals surface area contributed by atoms with E-state index in [-0.39, 0.29) is 11.7 Å². The molecular formula is C28H30ClFN2O2. The van der Waals surface area contributed by atoms with Crippen LogP contribution in [0.15, 0.2) is 66.7 Å². The van der Waals surface area contributed by atoms with Gasteiger partial charge < -0.3 is 9.64 Å². The summed E-state index contributed by atoms with van der Waals surface area (Å²) >= 11 is 6.17. The number of amides is 1. The fraction of sp³-hybridized carbons (Fsp3) is 0.321. The molecule has 0 saturated carbocycles. The summed E-state index contributed by atoms with van der Waals surface area (Å²) in [5.74, 6) is 1.01. The summed E-state index contributed by atoms with van der Waals surface area (Å²) in [6.45, 7) is 7.70. The van der Waals surface area contributed by atoms with Crippen LogP contribution < -0.4 is 4.74 Å². The Kier molecular flexibility index (Phi) is 7.86. The van der Waals surface area contributed by atoms with Gasteiger partial charge in [-0.3, -0.25) is 9.69 Å². The van der Waals surface area contributed by atoms with Gasteiger partial charge in [0.2, 0.25) is 0 Å². The predicted molar refractivity (Wildman–Crippen MR) is 134 cm³/mol. The molecule has 1 amide bonds. The molecule has 1 saturated heterocycles. The first-order chi connectivity index (χ1) is 16.4. The predicted octanol–water partition coefficient (Wildman–Crippen LogP) is 6.14. The molecule has 6 heteroatoms. The van der Waals surface area contributed by atoms with Crippen LogP contribution in [-0.2, 0) is 13.2 Å². The van der Waals surface area contributed by atoms with Gasteiger partial charge in [-0.05, 0) is 53.4 Å².